The van der Waals surface area contributed by atoms with E-state index >= 15 is 0 Å². The van der Waals surface area contributed by atoms with Crippen molar-refractivity contribution < 1.29 is 9.90 Å². The van der Waals surface area contributed by atoms with E-state index in [2.05, 4.69) is 10.4 Å². The molecule has 1 aliphatic heterocycles. The van der Waals surface area contributed by atoms with Crippen molar-refractivity contribution in [3.05, 3.63) is 17.5 Å². The predicted octanol–water partition coefficient (Wildman–Crippen LogP) is 0.195. The van der Waals surface area contributed by atoms with Crippen molar-refractivity contribution in [2.45, 2.75) is 12.3 Å². The molecule has 1 fully saturated rings. The van der Waals surface area contributed by atoms with Crippen molar-refractivity contribution in [1.82, 2.24) is 15.1 Å². The van der Waals surface area contributed by atoms with Gasteiger partial charge in [-0.1, -0.05) is 0 Å². The molecule has 2 heterocycles. The fourth-order valence-electron chi connectivity index (χ4n) is 1.88. The largest absolute Gasteiger partial charge is 0.476 e. The van der Waals surface area contributed by atoms with Crippen LogP contribution in [0.1, 0.15) is 28.5 Å². The van der Waals surface area contributed by atoms with E-state index in [0.29, 0.717) is 5.92 Å². The minimum Gasteiger partial charge on any atom is -0.476 e. The molecule has 1 aromatic rings. The number of carboxylic acids is 1. The van der Waals surface area contributed by atoms with Gasteiger partial charge in [0, 0.05) is 25.2 Å². The second-order valence-corrected chi connectivity index (χ2v) is 3.57. The van der Waals surface area contributed by atoms with Crippen LogP contribution in [0, 0.1) is 0 Å². The summed E-state index contributed by atoms with van der Waals surface area (Å²) in [7, 11) is 1.79. The maximum Gasteiger partial charge on any atom is 0.356 e. The van der Waals surface area contributed by atoms with E-state index in [1.807, 2.05) is 0 Å². The summed E-state index contributed by atoms with van der Waals surface area (Å²) >= 11 is 0. The summed E-state index contributed by atoms with van der Waals surface area (Å²) in [6.07, 6.45) is 1.05. The Morgan fingerprint density at radius 1 is 1.79 bits per heavy atom. The van der Waals surface area contributed by atoms with Crippen LogP contribution in [0.5, 0.6) is 0 Å². The van der Waals surface area contributed by atoms with Crippen LogP contribution in [0.25, 0.3) is 0 Å². The number of hydrogen-bond acceptors (Lipinski definition) is 3. The van der Waals surface area contributed by atoms with Crippen LogP contribution in [0.2, 0.25) is 0 Å². The molecule has 1 unspecified atom stereocenters. The van der Waals surface area contributed by atoms with Gasteiger partial charge in [0.25, 0.3) is 0 Å². The lowest BCUT2D eigenvalue weighted by Gasteiger charge is -2.07. The van der Waals surface area contributed by atoms with Crippen LogP contribution in [-0.2, 0) is 7.05 Å². The van der Waals surface area contributed by atoms with Gasteiger partial charge >= 0.3 is 5.97 Å². The molecule has 2 rings (SSSR count). The SMILES string of the molecule is Cn1nc(C(=O)O)cc1C1CCNC1. The van der Waals surface area contributed by atoms with E-state index in [1.165, 1.54) is 0 Å². The molecule has 0 aromatic carbocycles. The maximum absolute atomic E-state index is 10.7. The highest BCUT2D eigenvalue weighted by molar-refractivity contribution is 5.85. The highest BCUT2D eigenvalue weighted by Gasteiger charge is 2.22. The van der Waals surface area contributed by atoms with E-state index in [0.717, 1.165) is 25.2 Å². The molecule has 5 heteroatoms. The predicted molar refractivity (Wildman–Crippen MR) is 50.4 cm³/mol. The van der Waals surface area contributed by atoms with Gasteiger partial charge in [-0.25, -0.2) is 4.79 Å². The number of aromatic carboxylic acids is 1. The van der Waals surface area contributed by atoms with Crippen molar-refractivity contribution in [1.29, 1.82) is 0 Å². The number of carbonyl (C=O) groups is 1. The number of aryl methyl sites for hydroxylation is 1. The fraction of sp³-hybridized carbons (Fsp3) is 0.556. The zero-order chi connectivity index (χ0) is 10.1. The van der Waals surface area contributed by atoms with Crippen LogP contribution in [0.15, 0.2) is 6.07 Å². The van der Waals surface area contributed by atoms with Crippen LogP contribution in [0.3, 0.4) is 0 Å². The van der Waals surface area contributed by atoms with Crippen LogP contribution in [-0.4, -0.2) is 33.9 Å². The Labute approximate surface area is 81.7 Å². The Bertz CT molecular complexity index is 353. The molecule has 2 N–H and O–H groups in total. The molecular weight excluding hydrogens is 182 g/mol. The molecule has 0 saturated carbocycles. The van der Waals surface area contributed by atoms with Gasteiger partial charge in [-0.2, -0.15) is 5.10 Å². The first-order valence-electron chi connectivity index (χ1n) is 4.66. The lowest BCUT2D eigenvalue weighted by molar-refractivity contribution is 0.0689. The highest BCUT2D eigenvalue weighted by Crippen LogP contribution is 2.22. The van der Waals surface area contributed by atoms with E-state index < -0.39 is 5.97 Å². The third-order valence-corrected chi connectivity index (χ3v) is 2.61. The average molecular weight is 195 g/mol. The Morgan fingerprint density at radius 3 is 3.07 bits per heavy atom. The molecule has 1 saturated heterocycles. The van der Waals surface area contributed by atoms with Gasteiger partial charge < -0.3 is 10.4 Å². The summed E-state index contributed by atoms with van der Waals surface area (Å²) in [5.41, 5.74) is 1.14. The van der Waals surface area contributed by atoms with E-state index in [-0.39, 0.29) is 5.69 Å². The topological polar surface area (TPSA) is 67.2 Å². The molecule has 0 bridgehead atoms. The number of hydrogen-bond donors (Lipinski definition) is 2. The van der Waals surface area contributed by atoms with Crippen molar-refractivity contribution in [2.75, 3.05) is 13.1 Å². The summed E-state index contributed by atoms with van der Waals surface area (Å²) < 4.78 is 1.67. The molecule has 5 nitrogen and oxygen atoms in total. The number of carboxylic acid groups (broad SMARTS) is 1. The lowest BCUT2D eigenvalue weighted by Crippen LogP contribution is -2.10. The molecule has 76 valence electrons. The summed E-state index contributed by atoms with van der Waals surface area (Å²) in [4.78, 5) is 10.7. The third-order valence-electron chi connectivity index (χ3n) is 2.61. The highest BCUT2D eigenvalue weighted by atomic mass is 16.4. The quantitative estimate of drug-likeness (QED) is 0.707. The molecule has 14 heavy (non-hydrogen) atoms. The Hall–Kier alpha value is -1.36. The molecule has 0 spiro atoms. The van der Waals surface area contributed by atoms with Crippen LogP contribution < -0.4 is 5.32 Å². The average Bonchev–Trinajstić information content (AvgIpc) is 2.71. The Morgan fingerprint density at radius 2 is 2.57 bits per heavy atom. The van der Waals surface area contributed by atoms with E-state index in [9.17, 15) is 4.79 Å². The Balaban J connectivity index is 2.28. The number of rotatable bonds is 2. The van der Waals surface area contributed by atoms with Gasteiger partial charge in [-0.15, -0.1) is 0 Å². The minimum absolute atomic E-state index is 0.134. The van der Waals surface area contributed by atoms with Crippen molar-refractivity contribution in [3.8, 4) is 0 Å². The molecule has 1 aromatic heterocycles. The minimum atomic E-state index is -0.960. The van der Waals surface area contributed by atoms with Gasteiger partial charge in [-0.05, 0) is 19.0 Å². The summed E-state index contributed by atoms with van der Waals surface area (Å²) in [6.45, 7) is 1.91. The molecule has 0 amide bonds. The van der Waals surface area contributed by atoms with Crippen LogP contribution >= 0.6 is 0 Å². The van der Waals surface area contributed by atoms with Crippen molar-refractivity contribution in [2.24, 2.45) is 7.05 Å². The summed E-state index contributed by atoms with van der Waals surface area (Å²) in [5.74, 6) is -0.557. The first kappa shape index (κ1) is 9.21. The molecule has 1 atom stereocenters. The number of nitrogens with zero attached hydrogens (tertiary/aromatic N) is 2. The second-order valence-electron chi connectivity index (χ2n) is 3.57. The first-order valence-corrected chi connectivity index (χ1v) is 4.66. The molecular formula is C9H13N3O2. The second kappa shape index (κ2) is 3.42. The number of nitrogens with one attached hydrogen (secondary N) is 1. The van der Waals surface area contributed by atoms with Gasteiger partial charge in [0.2, 0.25) is 0 Å². The van der Waals surface area contributed by atoms with Gasteiger partial charge in [-0.3, -0.25) is 4.68 Å². The maximum atomic E-state index is 10.7. The zero-order valence-electron chi connectivity index (χ0n) is 8.03. The molecule has 0 aliphatic carbocycles. The fourth-order valence-corrected chi connectivity index (χ4v) is 1.88. The third kappa shape index (κ3) is 1.50. The van der Waals surface area contributed by atoms with Gasteiger partial charge in [0.05, 0.1) is 0 Å². The summed E-state index contributed by atoms with van der Waals surface area (Å²) in [6, 6.07) is 1.67. The smallest absolute Gasteiger partial charge is 0.356 e. The van der Waals surface area contributed by atoms with Crippen LogP contribution in [0.4, 0.5) is 0 Å². The van der Waals surface area contributed by atoms with Gasteiger partial charge in [0.1, 0.15) is 0 Å². The molecule has 0 radical (unpaired) electrons. The van der Waals surface area contributed by atoms with Crippen molar-refractivity contribution >= 4 is 5.97 Å². The zero-order valence-corrected chi connectivity index (χ0v) is 8.03. The van der Waals surface area contributed by atoms with E-state index in [4.69, 9.17) is 5.11 Å². The normalized spacial score (nSPS) is 21.4. The first-order chi connectivity index (χ1) is 6.68. The standard InChI is InChI=1S/C9H13N3O2/c1-12-8(6-2-3-10-5-6)4-7(11-12)9(13)14/h4,6,10H,2-3,5H2,1H3,(H,13,14). The van der Waals surface area contributed by atoms with E-state index in [1.54, 1.807) is 17.8 Å². The Kier molecular flexibility index (Phi) is 2.25. The lowest BCUT2D eigenvalue weighted by atomic mass is 10.0. The number of aromatic nitrogens is 2. The molecule has 1 aliphatic rings. The monoisotopic (exact) mass is 195 g/mol. The van der Waals surface area contributed by atoms with Gasteiger partial charge in [0.15, 0.2) is 5.69 Å². The van der Waals surface area contributed by atoms with Crippen molar-refractivity contribution in [3.63, 3.8) is 0 Å². The summed E-state index contributed by atoms with van der Waals surface area (Å²) in [5, 5.41) is 16.0.